The number of hydrogen-bond donors (Lipinski definition) is 1. The summed E-state index contributed by atoms with van der Waals surface area (Å²) in [5.41, 5.74) is 2.25. The Morgan fingerprint density at radius 1 is 1.30 bits per heavy atom. The maximum atomic E-state index is 6.05. The van der Waals surface area contributed by atoms with E-state index in [1.54, 1.807) is 13.3 Å². The van der Waals surface area contributed by atoms with Gasteiger partial charge in [0.1, 0.15) is 0 Å². The summed E-state index contributed by atoms with van der Waals surface area (Å²) in [4.78, 5) is 4.20. The smallest absolute Gasteiger partial charge is 0.217 e. The molecule has 0 spiro atoms. The molecule has 0 fully saturated rings. The van der Waals surface area contributed by atoms with Crippen LogP contribution in [-0.2, 0) is 6.54 Å². The molecule has 4 heteroatoms. The number of methoxy groups -OCH3 is 1. The number of nitrogens with one attached hydrogen (secondary N) is 1. The number of pyridine rings is 1. The molecule has 0 saturated carbocycles. The van der Waals surface area contributed by atoms with Crippen LogP contribution in [0.5, 0.6) is 5.88 Å². The quantitative estimate of drug-likeness (QED) is 0.873. The predicted molar refractivity (Wildman–Crippen MR) is 82.1 cm³/mol. The van der Waals surface area contributed by atoms with Gasteiger partial charge in [-0.3, -0.25) is 0 Å². The van der Waals surface area contributed by atoms with E-state index in [4.69, 9.17) is 16.3 Å². The van der Waals surface area contributed by atoms with Crippen molar-refractivity contribution in [3.8, 4) is 5.88 Å². The number of halogens is 1. The third kappa shape index (κ3) is 3.71. The van der Waals surface area contributed by atoms with E-state index in [0.717, 1.165) is 17.0 Å². The minimum Gasteiger partial charge on any atom is -0.481 e. The lowest BCUT2D eigenvalue weighted by Crippen LogP contribution is -2.20. The highest BCUT2D eigenvalue weighted by molar-refractivity contribution is 6.30. The number of ether oxygens (including phenoxy) is 1. The molecule has 0 aliphatic rings. The standard InChI is InChI=1S/C16H19ClN2O/c1-3-15(12-6-4-8-14(17)10-12)19-11-13-7-5-9-18-16(13)20-2/h4-10,15,19H,3,11H2,1-2H3. The number of hydrogen-bond acceptors (Lipinski definition) is 3. The topological polar surface area (TPSA) is 34.2 Å². The van der Waals surface area contributed by atoms with E-state index in [-0.39, 0.29) is 6.04 Å². The summed E-state index contributed by atoms with van der Waals surface area (Å²) in [6, 6.07) is 12.2. The lowest BCUT2D eigenvalue weighted by Gasteiger charge is -2.18. The van der Waals surface area contributed by atoms with Crippen LogP contribution in [0.25, 0.3) is 0 Å². The van der Waals surface area contributed by atoms with Crippen molar-refractivity contribution in [2.24, 2.45) is 0 Å². The lowest BCUT2D eigenvalue weighted by atomic mass is 10.0. The summed E-state index contributed by atoms with van der Waals surface area (Å²) in [5, 5.41) is 4.29. The van der Waals surface area contributed by atoms with Gasteiger partial charge in [0.15, 0.2) is 0 Å². The highest BCUT2D eigenvalue weighted by Gasteiger charge is 2.11. The van der Waals surface area contributed by atoms with Crippen molar-refractivity contribution in [2.45, 2.75) is 25.9 Å². The second kappa shape index (κ2) is 7.27. The average Bonchev–Trinajstić information content (AvgIpc) is 2.48. The largest absolute Gasteiger partial charge is 0.481 e. The molecule has 2 aromatic rings. The van der Waals surface area contributed by atoms with Gasteiger partial charge in [-0.2, -0.15) is 0 Å². The zero-order chi connectivity index (χ0) is 14.4. The number of rotatable bonds is 6. The second-order valence-corrected chi connectivity index (χ2v) is 5.00. The number of aromatic nitrogens is 1. The summed E-state index contributed by atoms with van der Waals surface area (Å²) < 4.78 is 5.26. The van der Waals surface area contributed by atoms with E-state index in [0.29, 0.717) is 12.4 Å². The monoisotopic (exact) mass is 290 g/mol. The molecule has 1 unspecified atom stereocenters. The van der Waals surface area contributed by atoms with Crippen LogP contribution in [0.2, 0.25) is 5.02 Å². The van der Waals surface area contributed by atoms with Gasteiger partial charge in [0.2, 0.25) is 5.88 Å². The molecular formula is C16H19ClN2O. The van der Waals surface area contributed by atoms with Crippen LogP contribution in [0.3, 0.4) is 0 Å². The fraction of sp³-hybridized carbons (Fsp3) is 0.312. The molecule has 1 atom stereocenters. The molecule has 0 aliphatic heterocycles. The highest BCUT2D eigenvalue weighted by atomic mass is 35.5. The fourth-order valence-corrected chi connectivity index (χ4v) is 2.40. The Kier molecular flexibility index (Phi) is 5.39. The number of benzene rings is 1. The van der Waals surface area contributed by atoms with Crippen LogP contribution in [-0.4, -0.2) is 12.1 Å². The van der Waals surface area contributed by atoms with Crippen molar-refractivity contribution in [3.63, 3.8) is 0 Å². The Labute approximate surface area is 124 Å². The molecule has 0 radical (unpaired) electrons. The summed E-state index contributed by atoms with van der Waals surface area (Å²) in [5.74, 6) is 0.668. The van der Waals surface area contributed by atoms with Crippen LogP contribution in [0.4, 0.5) is 0 Å². The first-order valence-electron chi connectivity index (χ1n) is 6.71. The van der Waals surface area contributed by atoms with Crippen molar-refractivity contribution >= 4 is 11.6 Å². The van der Waals surface area contributed by atoms with Crippen LogP contribution < -0.4 is 10.1 Å². The maximum Gasteiger partial charge on any atom is 0.217 e. The zero-order valence-electron chi connectivity index (χ0n) is 11.8. The molecule has 1 heterocycles. The first-order chi connectivity index (χ1) is 9.74. The summed E-state index contributed by atoms with van der Waals surface area (Å²) in [6.45, 7) is 2.86. The SMILES string of the molecule is CCC(NCc1cccnc1OC)c1cccc(Cl)c1. The molecule has 1 aromatic carbocycles. The van der Waals surface area contributed by atoms with Gasteiger partial charge >= 0.3 is 0 Å². The van der Waals surface area contributed by atoms with Crippen LogP contribution >= 0.6 is 11.6 Å². The fourth-order valence-electron chi connectivity index (χ4n) is 2.20. The second-order valence-electron chi connectivity index (χ2n) is 4.57. The Morgan fingerprint density at radius 2 is 2.15 bits per heavy atom. The van der Waals surface area contributed by atoms with E-state index in [1.807, 2.05) is 30.3 Å². The normalized spacial score (nSPS) is 12.2. The minimum atomic E-state index is 0.263. The van der Waals surface area contributed by atoms with E-state index >= 15 is 0 Å². The van der Waals surface area contributed by atoms with Gasteiger partial charge in [0.25, 0.3) is 0 Å². The molecule has 2 rings (SSSR count). The molecule has 0 bridgehead atoms. The van der Waals surface area contributed by atoms with Crippen LogP contribution in [0.1, 0.15) is 30.5 Å². The van der Waals surface area contributed by atoms with Gasteiger partial charge in [-0.25, -0.2) is 4.98 Å². The molecule has 20 heavy (non-hydrogen) atoms. The summed E-state index contributed by atoms with van der Waals surface area (Å²) in [7, 11) is 1.64. The predicted octanol–water partition coefficient (Wildman–Crippen LogP) is 3.98. The minimum absolute atomic E-state index is 0.263. The van der Waals surface area contributed by atoms with Crippen LogP contribution in [0, 0.1) is 0 Å². The molecular weight excluding hydrogens is 272 g/mol. The Hall–Kier alpha value is -1.58. The van der Waals surface area contributed by atoms with Gasteiger partial charge in [-0.05, 0) is 30.2 Å². The summed E-state index contributed by atoms with van der Waals surface area (Å²) in [6.07, 6.45) is 2.72. The van der Waals surface area contributed by atoms with Crippen molar-refractivity contribution in [1.29, 1.82) is 0 Å². The number of nitrogens with zero attached hydrogens (tertiary/aromatic N) is 1. The van der Waals surface area contributed by atoms with Gasteiger partial charge in [0.05, 0.1) is 7.11 Å². The first-order valence-corrected chi connectivity index (χ1v) is 7.09. The molecule has 106 valence electrons. The first kappa shape index (κ1) is 14.8. The van der Waals surface area contributed by atoms with E-state index in [1.165, 1.54) is 5.56 Å². The van der Waals surface area contributed by atoms with Crippen LogP contribution in [0.15, 0.2) is 42.6 Å². The van der Waals surface area contributed by atoms with Crippen molar-refractivity contribution in [1.82, 2.24) is 10.3 Å². The van der Waals surface area contributed by atoms with E-state index in [9.17, 15) is 0 Å². The molecule has 0 amide bonds. The molecule has 0 saturated heterocycles. The molecule has 3 nitrogen and oxygen atoms in total. The maximum absolute atomic E-state index is 6.05. The summed E-state index contributed by atoms with van der Waals surface area (Å²) >= 11 is 6.05. The molecule has 1 aromatic heterocycles. The lowest BCUT2D eigenvalue weighted by molar-refractivity contribution is 0.388. The zero-order valence-corrected chi connectivity index (χ0v) is 12.5. The van der Waals surface area contributed by atoms with Crippen molar-refractivity contribution in [2.75, 3.05) is 7.11 Å². The van der Waals surface area contributed by atoms with Gasteiger partial charge in [-0.15, -0.1) is 0 Å². The Bertz CT molecular complexity index is 560. The van der Waals surface area contributed by atoms with E-state index in [2.05, 4.69) is 23.3 Å². The van der Waals surface area contributed by atoms with Gasteiger partial charge in [0, 0.05) is 29.4 Å². The molecule has 0 aliphatic carbocycles. The molecule has 1 N–H and O–H groups in total. The Morgan fingerprint density at radius 3 is 2.85 bits per heavy atom. The van der Waals surface area contributed by atoms with Gasteiger partial charge < -0.3 is 10.1 Å². The van der Waals surface area contributed by atoms with E-state index < -0.39 is 0 Å². The van der Waals surface area contributed by atoms with Crippen molar-refractivity contribution in [3.05, 3.63) is 58.7 Å². The average molecular weight is 291 g/mol. The third-order valence-corrected chi connectivity index (χ3v) is 3.48. The third-order valence-electron chi connectivity index (χ3n) is 3.24. The van der Waals surface area contributed by atoms with Crippen molar-refractivity contribution < 1.29 is 4.74 Å². The van der Waals surface area contributed by atoms with Gasteiger partial charge in [-0.1, -0.05) is 36.7 Å². The Balaban J connectivity index is 2.08. The highest BCUT2D eigenvalue weighted by Crippen LogP contribution is 2.22.